The minimum atomic E-state index is -0.300. The molecule has 3 aromatic rings. The summed E-state index contributed by atoms with van der Waals surface area (Å²) in [5.74, 6) is 0.155. The first-order chi connectivity index (χ1) is 11.5. The number of aromatic nitrogens is 2. The molecule has 1 atom stereocenters. The van der Waals surface area contributed by atoms with E-state index in [-0.39, 0.29) is 23.5 Å². The summed E-state index contributed by atoms with van der Waals surface area (Å²) in [5, 5.41) is 6.08. The third-order valence-corrected chi connectivity index (χ3v) is 5.07. The van der Waals surface area contributed by atoms with Crippen LogP contribution in [-0.2, 0) is 4.79 Å². The Morgan fingerprint density at radius 3 is 2.83 bits per heavy atom. The van der Waals surface area contributed by atoms with Gasteiger partial charge in [0.05, 0.1) is 17.2 Å². The van der Waals surface area contributed by atoms with Crippen LogP contribution in [0.5, 0.6) is 0 Å². The van der Waals surface area contributed by atoms with E-state index in [2.05, 4.69) is 15.3 Å². The predicted octanol–water partition coefficient (Wildman–Crippen LogP) is 3.38. The molecule has 0 aliphatic heterocycles. The van der Waals surface area contributed by atoms with Gasteiger partial charge in [-0.1, -0.05) is 23.9 Å². The molecule has 3 N–H and O–H groups in total. The SMILES string of the molecule is CC(NC(=O)CSc1nc(N)c2ccsc2n1)c1ccc(F)cc1. The summed E-state index contributed by atoms with van der Waals surface area (Å²) in [6.45, 7) is 1.85. The monoisotopic (exact) mass is 362 g/mol. The number of anilines is 1. The second-order valence-corrected chi connectivity index (χ2v) is 7.00. The van der Waals surface area contributed by atoms with Gasteiger partial charge in [0, 0.05) is 0 Å². The molecule has 1 unspecified atom stereocenters. The van der Waals surface area contributed by atoms with Crippen LogP contribution in [0.25, 0.3) is 10.2 Å². The van der Waals surface area contributed by atoms with Crippen LogP contribution >= 0.6 is 23.1 Å². The summed E-state index contributed by atoms with van der Waals surface area (Å²) >= 11 is 2.72. The van der Waals surface area contributed by atoms with Gasteiger partial charge in [-0.05, 0) is 36.1 Å². The van der Waals surface area contributed by atoms with E-state index in [1.165, 1.54) is 35.2 Å². The lowest BCUT2D eigenvalue weighted by atomic mass is 10.1. The molecule has 1 amide bonds. The van der Waals surface area contributed by atoms with E-state index in [9.17, 15) is 9.18 Å². The summed E-state index contributed by atoms with van der Waals surface area (Å²) < 4.78 is 12.9. The number of hydrogen-bond acceptors (Lipinski definition) is 6. The lowest BCUT2D eigenvalue weighted by Gasteiger charge is -2.14. The first-order valence-corrected chi connectivity index (χ1v) is 9.08. The fourth-order valence-electron chi connectivity index (χ4n) is 2.17. The molecule has 0 aliphatic carbocycles. The van der Waals surface area contributed by atoms with Crippen LogP contribution in [0.2, 0.25) is 0 Å². The Kier molecular flexibility index (Phi) is 4.96. The van der Waals surface area contributed by atoms with E-state index < -0.39 is 0 Å². The first kappa shape index (κ1) is 16.7. The quantitative estimate of drug-likeness (QED) is 0.537. The second-order valence-electron chi connectivity index (χ2n) is 5.16. The number of nitrogen functional groups attached to an aromatic ring is 1. The van der Waals surface area contributed by atoms with Crippen molar-refractivity contribution in [2.45, 2.75) is 18.1 Å². The maximum Gasteiger partial charge on any atom is 0.230 e. The second kappa shape index (κ2) is 7.14. The standard InChI is InChI=1S/C16H15FN4OS2/c1-9(10-2-4-11(17)5-3-10)19-13(22)8-24-16-20-14(18)12-6-7-23-15(12)21-16/h2-7,9H,8H2,1H3,(H,19,22)(H2,18,20,21). The molecule has 0 spiro atoms. The third kappa shape index (κ3) is 3.82. The third-order valence-electron chi connectivity index (χ3n) is 3.41. The van der Waals surface area contributed by atoms with Gasteiger partial charge < -0.3 is 11.1 Å². The molecule has 2 aromatic heterocycles. The first-order valence-electron chi connectivity index (χ1n) is 7.21. The lowest BCUT2D eigenvalue weighted by Crippen LogP contribution is -2.28. The number of carbonyl (C=O) groups excluding carboxylic acids is 1. The fraction of sp³-hybridized carbons (Fsp3) is 0.188. The normalized spacial score (nSPS) is 12.2. The van der Waals surface area contributed by atoms with Crippen LogP contribution in [-0.4, -0.2) is 21.6 Å². The highest BCUT2D eigenvalue weighted by molar-refractivity contribution is 7.99. The average Bonchev–Trinajstić information content (AvgIpc) is 3.02. The molecule has 3 rings (SSSR count). The maximum absolute atomic E-state index is 12.9. The van der Waals surface area contributed by atoms with Crippen LogP contribution in [0.3, 0.4) is 0 Å². The molecule has 0 saturated carbocycles. The van der Waals surface area contributed by atoms with Gasteiger partial charge in [-0.25, -0.2) is 14.4 Å². The average molecular weight is 362 g/mol. The zero-order valence-electron chi connectivity index (χ0n) is 12.8. The van der Waals surface area contributed by atoms with E-state index >= 15 is 0 Å². The lowest BCUT2D eigenvalue weighted by molar-refractivity contribution is -0.119. The summed E-state index contributed by atoms with van der Waals surface area (Å²) in [6, 6.07) is 7.73. The van der Waals surface area contributed by atoms with Gasteiger partial charge in [0.15, 0.2) is 5.16 Å². The van der Waals surface area contributed by atoms with Gasteiger partial charge >= 0.3 is 0 Å². The van der Waals surface area contributed by atoms with Gasteiger partial charge in [-0.15, -0.1) is 11.3 Å². The highest BCUT2D eigenvalue weighted by Gasteiger charge is 2.12. The van der Waals surface area contributed by atoms with Crippen molar-refractivity contribution in [3.63, 3.8) is 0 Å². The molecule has 0 aliphatic rings. The predicted molar refractivity (Wildman–Crippen MR) is 95.5 cm³/mol. The summed E-state index contributed by atoms with van der Waals surface area (Å²) in [6.07, 6.45) is 0. The number of carbonyl (C=O) groups is 1. The molecule has 1 aromatic carbocycles. The van der Waals surface area contributed by atoms with Crippen molar-refractivity contribution in [2.24, 2.45) is 0 Å². The number of fused-ring (bicyclic) bond motifs is 1. The molecular weight excluding hydrogens is 347 g/mol. The number of halogens is 1. The number of hydrogen-bond donors (Lipinski definition) is 2. The number of benzene rings is 1. The summed E-state index contributed by atoms with van der Waals surface area (Å²) in [7, 11) is 0. The Morgan fingerprint density at radius 2 is 2.08 bits per heavy atom. The van der Waals surface area contributed by atoms with E-state index in [0.29, 0.717) is 11.0 Å². The van der Waals surface area contributed by atoms with Crippen molar-refractivity contribution in [3.8, 4) is 0 Å². The van der Waals surface area contributed by atoms with Crippen LogP contribution in [0.4, 0.5) is 10.2 Å². The number of thiophene rings is 1. The topological polar surface area (TPSA) is 80.9 Å². The molecule has 8 heteroatoms. The van der Waals surface area contributed by atoms with Gasteiger partial charge in [-0.2, -0.15) is 0 Å². The molecule has 0 fully saturated rings. The van der Waals surface area contributed by atoms with Crippen LogP contribution in [0.1, 0.15) is 18.5 Å². The van der Waals surface area contributed by atoms with Gasteiger partial charge in [0.1, 0.15) is 16.5 Å². The number of nitrogens with one attached hydrogen (secondary N) is 1. The Labute approximate surface area is 146 Å². The molecule has 124 valence electrons. The van der Waals surface area contributed by atoms with Gasteiger partial charge in [0.2, 0.25) is 5.91 Å². The Morgan fingerprint density at radius 1 is 1.33 bits per heavy atom. The number of nitrogens with two attached hydrogens (primary N) is 1. The zero-order chi connectivity index (χ0) is 17.1. The number of thioether (sulfide) groups is 1. The van der Waals surface area contributed by atoms with Crippen LogP contribution in [0, 0.1) is 5.82 Å². The van der Waals surface area contributed by atoms with Crippen molar-refractivity contribution >= 4 is 45.0 Å². The smallest absolute Gasteiger partial charge is 0.230 e. The highest BCUT2D eigenvalue weighted by Crippen LogP contribution is 2.26. The van der Waals surface area contributed by atoms with E-state index in [4.69, 9.17) is 5.73 Å². The Balaban J connectivity index is 1.59. The van der Waals surface area contributed by atoms with Gasteiger partial charge in [0.25, 0.3) is 0 Å². The van der Waals surface area contributed by atoms with Crippen molar-refractivity contribution in [3.05, 3.63) is 47.1 Å². The van der Waals surface area contributed by atoms with Crippen LogP contribution in [0.15, 0.2) is 40.9 Å². The number of rotatable bonds is 5. The van der Waals surface area contributed by atoms with E-state index in [1.807, 2.05) is 18.4 Å². The maximum atomic E-state index is 12.9. The van der Waals surface area contributed by atoms with Crippen molar-refractivity contribution in [1.82, 2.24) is 15.3 Å². The molecular formula is C16H15FN4OS2. The molecule has 24 heavy (non-hydrogen) atoms. The molecule has 0 radical (unpaired) electrons. The Bertz CT molecular complexity index is 866. The van der Waals surface area contributed by atoms with E-state index in [0.717, 1.165) is 15.8 Å². The molecule has 5 nitrogen and oxygen atoms in total. The van der Waals surface area contributed by atoms with Crippen LogP contribution < -0.4 is 11.1 Å². The van der Waals surface area contributed by atoms with Crippen molar-refractivity contribution < 1.29 is 9.18 Å². The number of amides is 1. The van der Waals surface area contributed by atoms with E-state index in [1.54, 1.807) is 12.1 Å². The minimum absolute atomic E-state index is 0.148. The van der Waals surface area contributed by atoms with Gasteiger partial charge in [-0.3, -0.25) is 4.79 Å². The number of nitrogens with zero attached hydrogens (tertiary/aromatic N) is 2. The largest absolute Gasteiger partial charge is 0.383 e. The Hall–Kier alpha value is -2.19. The summed E-state index contributed by atoms with van der Waals surface area (Å²) in [5.41, 5.74) is 6.73. The highest BCUT2D eigenvalue weighted by atomic mass is 32.2. The molecule has 0 bridgehead atoms. The molecule has 2 heterocycles. The molecule has 0 saturated heterocycles. The van der Waals surface area contributed by atoms with Crippen molar-refractivity contribution in [2.75, 3.05) is 11.5 Å². The minimum Gasteiger partial charge on any atom is -0.383 e. The zero-order valence-corrected chi connectivity index (χ0v) is 14.5. The summed E-state index contributed by atoms with van der Waals surface area (Å²) in [4.78, 5) is 21.5. The fourth-order valence-corrected chi connectivity index (χ4v) is 3.66. The van der Waals surface area contributed by atoms with Crippen molar-refractivity contribution in [1.29, 1.82) is 0 Å².